The fourth-order valence-corrected chi connectivity index (χ4v) is 6.94. The van der Waals surface area contributed by atoms with Gasteiger partial charge in [-0.1, -0.05) is 108 Å². The molecule has 1 aromatic heterocycles. The molecule has 6 aromatic carbocycles. The lowest BCUT2D eigenvalue weighted by Gasteiger charge is -2.26. The summed E-state index contributed by atoms with van der Waals surface area (Å²) < 4.78 is 0. The van der Waals surface area contributed by atoms with Crippen LogP contribution in [0, 0.1) is 13.8 Å². The number of fused-ring (bicyclic) bond motifs is 2. The van der Waals surface area contributed by atoms with Crippen molar-refractivity contribution >= 4 is 65.6 Å². The van der Waals surface area contributed by atoms with E-state index in [1.807, 2.05) is 11.3 Å². The molecule has 0 radical (unpaired) electrons. The fraction of sp³-hybridized carbons (Fsp3) is 0.0526. The van der Waals surface area contributed by atoms with E-state index in [1.54, 1.807) is 0 Å². The van der Waals surface area contributed by atoms with Gasteiger partial charge in [0.2, 0.25) is 0 Å². The van der Waals surface area contributed by atoms with Crippen molar-refractivity contribution in [3.8, 4) is 0 Å². The number of hydrogen-bond donors (Lipinski definition) is 0. The summed E-state index contributed by atoms with van der Waals surface area (Å²) in [5.74, 6) is 0. The van der Waals surface area contributed by atoms with Crippen LogP contribution in [-0.4, -0.2) is 0 Å². The van der Waals surface area contributed by atoms with E-state index < -0.39 is 0 Å². The summed E-state index contributed by atoms with van der Waals surface area (Å²) in [5, 5.41) is 7.41. The van der Waals surface area contributed by atoms with Gasteiger partial charge < -0.3 is 9.80 Å². The Hall–Kier alpha value is -4.86. The zero-order valence-electron chi connectivity index (χ0n) is 23.2. The Bertz CT molecular complexity index is 1830. The van der Waals surface area contributed by atoms with E-state index in [2.05, 4.69) is 169 Å². The van der Waals surface area contributed by atoms with Gasteiger partial charge >= 0.3 is 0 Å². The zero-order chi connectivity index (χ0) is 27.8. The topological polar surface area (TPSA) is 6.48 Å². The summed E-state index contributed by atoms with van der Waals surface area (Å²) in [4.78, 5) is 4.82. The molecule has 3 heteroatoms. The number of rotatable bonds is 6. The molecule has 0 N–H and O–H groups in total. The van der Waals surface area contributed by atoms with Crippen LogP contribution >= 0.6 is 11.3 Å². The predicted molar refractivity (Wildman–Crippen MR) is 178 cm³/mol. The third-order valence-electron chi connectivity index (χ3n) is 7.81. The van der Waals surface area contributed by atoms with Crippen molar-refractivity contribution in [3.05, 3.63) is 157 Å². The van der Waals surface area contributed by atoms with Crippen molar-refractivity contribution in [1.29, 1.82) is 0 Å². The third-order valence-corrected chi connectivity index (χ3v) is 9.18. The molecule has 41 heavy (non-hydrogen) atoms. The van der Waals surface area contributed by atoms with Crippen LogP contribution in [-0.2, 0) is 0 Å². The lowest BCUT2D eigenvalue weighted by Crippen LogP contribution is -2.09. The molecule has 0 saturated carbocycles. The second-order valence-electron chi connectivity index (χ2n) is 10.4. The number of benzene rings is 6. The van der Waals surface area contributed by atoms with Gasteiger partial charge in [0.1, 0.15) is 10.0 Å². The van der Waals surface area contributed by atoms with Gasteiger partial charge in [0.15, 0.2) is 0 Å². The number of anilines is 6. The molecule has 0 aliphatic rings. The Kier molecular flexibility index (Phi) is 6.50. The third kappa shape index (κ3) is 4.65. The van der Waals surface area contributed by atoms with Crippen LogP contribution in [0.15, 0.2) is 146 Å². The summed E-state index contributed by atoms with van der Waals surface area (Å²) in [6, 6.07) is 52.1. The predicted octanol–water partition coefficient (Wildman–Crippen LogP) is 11.6. The summed E-state index contributed by atoms with van der Waals surface area (Å²) in [5.41, 5.74) is 7.17. The summed E-state index contributed by atoms with van der Waals surface area (Å²) >= 11 is 1.84. The van der Waals surface area contributed by atoms with E-state index >= 15 is 0 Å². The Balaban J connectivity index is 1.43. The van der Waals surface area contributed by atoms with Crippen molar-refractivity contribution < 1.29 is 0 Å². The lowest BCUT2D eigenvalue weighted by molar-refractivity contribution is 1.25. The van der Waals surface area contributed by atoms with Crippen LogP contribution in [0.3, 0.4) is 0 Å². The number of para-hydroxylation sites is 2. The molecule has 0 amide bonds. The lowest BCUT2D eigenvalue weighted by atomic mass is 10.1. The van der Waals surface area contributed by atoms with Gasteiger partial charge in [-0.3, -0.25) is 0 Å². The smallest absolute Gasteiger partial charge is 0.105 e. The van der Waals surface area contributed by atoms with Gasteiger partial charge in [0, 0.05) is 22.7 Å². The highest BCUT2D eigenvalue weighted by Gasteiger charge is 2.25. The van der Waals surface area contributed by atoms with Crippen molar-refractivity contribution in [2.75, 3.05) is 9.80 Å². The molecule has 2 nitrogen and oxygen atoms in total. The first kappa shape index (κ1) is 25.1. The molecular formula is C38H30N2S. The second kappa shape index (κ2) is 10.6. The Morgan fingerprint density at radius 3 is 1.15 bits per heavy atom. The van der Waals surface area contributed by atoms with Gasteiger partial charge in [-0.25, -0.2) is 0 Å². The van der Waals surface area contributed by atoms with Crippen LogP contribution in [0.1, 0.15) is 11.1 Å². The molecule has 0 spiro atoms. The van der Waals surface area contributed by atoms with Crippen molar-refractivity contribution in [1.82, 2.24) is 0 Å². The van der Waals surface area contributed by atoms with Crippen molar-refractivity contribution in [3.63, 3.8) is 0 Å². The van der Waals surface area contributed by atoms with E-state index in [4.69, 9.17) is 0 Å². The first-order chi connectivity index (χ1) is 20.2. The monoisotopic (exact) mass is 546 g/mol. The van der Waals surface area contributed by atoms with Crippen LogP contribution in [0.4, 0.5) is 32.8 Å². The molecular weight excluding hydrogens is 516 g/mol. The maximum absolute atomic E-state index is 2.41. The Morgan fingerprint density at radius 2 is 0.732 bits per heavy atom. The van der Waals surface area contributed by atoms with Crippen LogP contribution in [0.25, 0.3) is 21.5 Å². The van der Waals surface area contributed by atoms with E-state index in [9.17, 15) is 0 Å². The van der Waals surface area contributed by atoms with E-state index in [0.29, 0.717) is 0 Å². The molecule has 0 unspecified atom stereocenters. The normalized spacial score (nSPS) is 11.2. The fourth-order valence-electron chi connectivity index (χ4n) is 5.55. The van der Waals surface area contributed by atoms with E-state index in [-0.39, 0.29) is 0 Å². The highest BCUT2D eigenvalue weighted by molar-refractivity contribution is 7.20. The van der Waals surface area contributed by atoms with Gasteiger partial charge in [-0.15, -0.1) is 0 Å². The average molecular weight is 547 g/mol. The molecule has 0 saturated heterocycles. The first-order valence-corrected chi connectivity index (χ1v) is 14.8. The molecule has 198 valence electrons. The van der Waals surface area contributed by atoms with Gasteiger partial charge in [-0.05, 0) is 95.1 Å². The number of thiophene rings is 1. The molecule has 0 aliphatic carbocycles. The van der Waals surface area contributed by atoms with E-state index in [1.165, 1.54) is 42.7 Å². The van der Waals surface area contributed by atoms with Crippen LogP contribution in [0.2, 0.25) is 0 Å². The quantitative estimate of drug-likeness (QED) is 0.205. The molecule has 0 bridgehead atoms. The minimum Gasteiger partial charge on any atom is -0.302 e. The molecule has 7 rings (SSSR count). The highest BCUT2D eigenvalue weighted by Crippen LogP contribution is 2.50. The molecule has 0 aliphatic heterocycles. The number of hydrogen-bond acceptors (Lipinski definition) is 3. The molecule has 0 fully saturated rings. The first-order valence-electron chi connectivity index (χ1n) is 14.0. The Labute approximate surface area is 245 Å². The highest BCUT2D eigenvalue weighted by atomic mass is 32.1. The molecule has 1 heterocycles. The number of nitrogens with zero attached hydrogens (tertiary/aromatic N) is 2. The standard InChI is InChI=1S/C38H30N2S/c1-27-28(2)38(40(34-19-7-4-8-20-34)36-24-22-30-14-10-12-16-32(30)26-36)41-37(27)39(33-17-5-3-6-18-33)35-23-21-29-13-9-11-15-31(29)25-35/h3-26H,1-2H3. The van der Waals surface area contributed by atoms with Gasteiger partial charge in [-0.2, -0.15) is 0 Å². The second-order valence-corrected chi connectivity index (χ2v) is 11.3. The Morgan fingerprint density at radius 1 is 0.366 bits per heavy atom. The summed E-state index contributed by atoms with van der Waals surface area (Å²) in [6.07, 6.45) is 0. The average Bonchev–Trinajstić information content (AvgIpc) is 3.31. The van der Waals surface area contributed by atoms with Crippen molar-refractivity contribution in [2.45, 2.75) is 13.8 Å². The molecule has 0 atom stereocenters. The van der Waals surface area contributed by atoms with E-state index in [0.717, 1.165) is 22.7 Å². The van der Waals surface area contributed by atoms with Gasteiger partial charge in [0.05, 0.1) is 0 Å². The van der Waals surface area contributed by atoms with Crippen LogP contribution in [0.5, 0.6) is 0 Å². The SMILES string of the molecule is Cc1c(N(c2ccccc2)c2ccc3ccccc3c2)sc(N(c2ccccc2)c2ccc3ccccc3c2)c1C. The maximum atomic E-state index is 2.41. The summed E-state index contributed by atoms with van der Waals surface area (Å²) in [6.45, 7) is 4.51. The van der Waals surface area contributed by atoms with Gasteiger partial charge in [0.25, 0.3) is 0 Å². The minimum absolute atomic E-state index is 1.15. The maximum Gasteiger partial charge on any atom is 0.105 e. The van der Waals surface area contributed by atoms with Crippen molar-refractivity contribution in [2.24, 2.45) is 0 Å². The van der Waals surface area contributed by atoms with Crippen LogP contribution < -0.4 is 9.80 Å². The zero-order valence-corrected chi connectivity index (χ0v) is 24.0. The minimum atomic E-state index is 1.15. The molecule has 7 aromatic rings. The summed E-state index contributed by atoms with van der Waals surface area (Å²) in [7, 11) is 0. The largest absolute Gasteiger partial charge is 0.302 e.